The molecule has 0 unspecified atom stereocenters. The van der Waals surface area contributed by atoms with E-state index in [0.717, 1.165) is 20.4 Å². The summed E-state index contributed by atoms with van der Waals surface area (Å²) in [6.07, 6.45) is 1.61. The summed E-state index contributed by atoms with van der Waals surface area (Å²) in [5, 5.41) is 1.50. The van der Waals surface area contributed by atoms with Gasteiger partial charge in [0, 0.05) is 16.8 Å². The summed E-state index contributed by atoms with van der Waals surface area (Å²) >= 11 is 4.86. The molecule has 2 aromatic rings. The van der Waals surface area contributed by atoms with Gasteiger partial charge in [0.2, 0.25) is 0 Å². The zero-order valence-corrected chi connectivity index (χ0v) is 10.1. The predicted octanol–water partition coefficient (Wildman–Crippen LogP) is 2.16. The Bertz CT molecular complexity index is 517. The van der Waals surface area contributed by atoms with E-state index in [4.69, 9.17) is 0 Å². The Morgan fingerprint density at radius 2 is 2.43 bits per heavy atom. The van der Waals surface area contributed by atoms with Gasteiger partial charge < -0.3 is 0 Å². The average Bonchev–Trinajstić information content (AvgIpc) is 2.52. The molecule has 0 radical (unpaired) electrons. The van der Waals surface area contributed by atoms with Gasteiger partial charge in [-0.2, -0.15) is 0 Å². The molecule has 0 aliphatic heterocycles. The molecule has 0 spiro atoms. The third-order valence-corrected chi connectivity index (χ3v) is 3.28. The molecular formula is C9H9BrN2OS. The van der Waals surface area contributed by atoms with Gasteiger partial charge in [-0.1, -0.05) is 15.9 Å². The quantitative estimate of drug-likeness (QED) is 0.786. The predicted molar refractivity (Wildman–Crippen MR) is 62.4 cm³/mol. The van der Waals surface area contributed by atoms with E-state index in [-0.39, 0.29) is 5.56 Å². The van der Waals surface area contributed by atoms with Gasteiger partial charge in [0.1, 0.15) is 4.83 Å². The largest absolute Gasteiger partial charge is 0.298 e. The lowest BCUT2D eigenvalue weighted by Gasteiger charge is -2.00. The van der Waals surface area contributed by atoms with Crippen molar-refractivity contribution in [1.82, 2.24) is 9.55 Å². The highest BCUT2D eigenvalue weighted by molar-refractivity contribution is 9.09. The molecule has 2 rings (SSSR count). The standard InChI is InChI=1S/C9H9BrN2OS/c1-6-4-7-8(14-6)11-5-12(3-2-10)9(7)13/h4-5H,2-3H2,1H3. The van der Waals surface area contributed by atoms with Crippen molar-refractivity contribution in [3.63, 3.8) is 0 Å². The van der Waals surface area contributed by atoms with E-state index >= 15 is 0 Å². The molecule has 3 nitrogen and oxygen atoms in total. The van der Waals surface area contributed by atoms with Crippen LogP contribution in [0, 0.1) is 6.92 Å². The van der Waals surface area contributed by atoms with Crippen molar-refractivity contribution in [1.29, 1.82) is 0 Å². The van der Waals surface area contributed by atoms with Gasteiger partial charge in [-0.25, -0.2) is 4.98 Å². The normalized spacial score (nSPS) is 11.0. The van der Waals surface area contributed by atoms with Gasteiger partial charge in [0.25, 0.3) is 5.56 Å². The van der Waals surface area contributed by atoms with E-state index in [1.165, 1.54) is 0 Å². The summed E-state index contributed by atoms with van der Waals surface area (Å²) in [6, 6.07) is 1.90. The Balaban J connectivity index is 2.68. The number of thiophene rings is 1. The molecule has 0 amide bonds. The van der Waals surface area contributed by atoms with Gasteiger partial charge in [0.15, 0.2) is 0 Å². The molecule has 0 N–H and O–H groups in total. The first-order valence-corrected chi connectivity index (χ1v) is 6.17. The molecule has 0 aliphatic carbocycles. The first-order valence-electron chi connectivity index (χ1n) is 4.24. The highest BCUT2D eigenvalue weighted by Gasteiger charge is 2.05. The molecule has 0 bridgehead atoms. The molecule has 5 heteroatoms. The van der Waals surface area contributed by atoms with Crippen LogP contribution in [0.25, 0.3) is 10.2 Å². The summed E-state index contributed by atoms with van der Waals surface area (Å²) in [4.78, 5) is 18.0. The second kappa shape index (κ2) is 3.82. The number of fused-ring (bicyclic) bond motifs is 1. The van der Waals surface area contributed by atoms with Crippen LogP contribution in [0.4, 0.5) is 0 Å². The lowest BCUT2D eigenvalue weighted by molar-refractivity contribution is 0.729. The summed E-state index contributed by atoms with van der Waals surface area (Å²) in [5.74, 6) is 0. The summed E-state index contributed by atoms with van der Waals surface area (Å²) in [6.45, 7) is 2.65. The van der Waals surface area contributed by atoms with Crippen LogP contribution in [-0.4, -0.2) is 14.9 Å². The summed E-state index contributed by atoms with van der Waals surface area (Å²) in [7, 11) is 0. The minimum Gasteiger partial charge on any atom is -0.298 e. The molecule has 0 aliphatic rings. The third kappa shape index (κ3) is 1.62. The Hall–Kier alpha value is -0.680. The fourth-order valence-corrected chi connectivity index (χ4v) is 2.55. The minimum absolute atomic E-state index is 0.0544. The minimum atomic E-state index is 0.0544. The lowest BCUT2D eigenvalue weighted by Crippen LogP contribution is -2.20. The molecular weight excluding hydrogens is 264 g/mol. The van der Waals surface area contributed by atoms with Crippen molar-refractivity contribution in [2.24, 2.45) is 0 Å². The molecule has 2 heterocycles. The fraction of sp³-hybridized carbons (Fsp3) is 0.333. The second-order valence-corrected chi connectivity index (χ2v) is 5.04. The number of aryl methyl sites for hydroxylation is 2. The highest BCUT2D eigenvalue weighted by atomic mass is 79.9. The monoisotopic (exact) mass is 272 g/mol. The van der Waals surface area contributed by atoms with Crippen LogP contribution in [0.1, 0.15) is 4.88 Å². The number of alkyl halides is 1. The van der Waals surface area contributed by atoms with Crippen LogP contribution in [0.2, 0.25) is 0 Å². The Morgan fingerprint density at radius 1 is 1.64 bits per heavy atom. The van der Waals surface area contributed by atoms with Gasteiger partial charge in [-0.05, 0) is 13.0 Å². The van der Waals surface area contributed by atoms with Crippen molar-refractivity contribution in [2.45, 2.75) is 13.5 Å². The zero-order chi connectivity index (χ0) is 10.1. The number of aromatic nitrogens is 2. The first-order chi connectivity index (χ1) is 6.72. The van der Waals surface area contributed by atoms with E-state index in [9.17, 15) is 4.79 Å². The van der Waals surface area contributed by atoms with Crippen molar-refractivity contribution in [3.8, 4) is 0 Å². The van der Waals surface area contributed by atoms with E-state index in [1.54, 1.807) is 22.2 Å². The number of rotatable bonds is 2. The van der Waals surface area contributed by atoms with Gasteiger partial charge in [-0.3, -0.25) is 9.36 Å². The SMILES string of the molecule is Cc1cc2c(=O)n(CCBr)cnc2s1. The molecule has 0 fully saturated rings. The van der Waals surface area contributed by atoms with Crippen LogP contribution in [0.15, 0.2) is 17.2 Å². The molecule has 74 valence electrons. The van der Waals surface area contributed by atoms with Gasteiger partial charge in [0.05, 0.1) is 11.7 Å². The number of nitrogens with zero attached hydrogens (tertiary/aromatic N) is 2. The molecule has 0 saturated heterocycles. The number of hydrogen-bond donors (Lipinski definition) is 0. The maximum absolute atomic E-state index is 11.8. The fourth-order valence-electron chi connectivity index (χ4n) is 1.33. The van der Waals surface area contributed by atoms with Gasteiger partial charge in [-0.15, -0.1) is 11.3 Å². The van der Waals surface area contributed by atoms with Crippen LogP contribution in [0.5, 0.6) is 0 Å². The summed E-state index contributed by atoms with van der Waals surface area (Å²) < 4.78 is 1.63. The Kier molecular flexibility index (Phi) is 2.69. The van der Waals surface area contributed by atoms with E-state index in [1.807, 2.05) is 13.0 Å². The maximum Gasteiger partial charge on any atom is 0.262 e. The molecule has 14 heavy (non-hydrogen) atoms. The van der Waals surface area contributed by atoms with E-state index in [2.05, 4.69) is 20.9 Å². The van der Waals surface area contributed by atoms with Crippen molar-refractivity contribution in [3.05, 3.63) is 27.6 Å². The van der Waals surface area contributed by atoms with Crippen LogP contribution < -0.4 is 5.56 Å². The van der Waals surface area contributed by atoms with Crippen LogP contribution >= 0.6 is 27.3 Å². The molecule has 0 saturated carbocycles. The van der Waals surface area contributed by atoms with E-state index < -0.39 is 0 Å². The smallest absolute Gasteiger partial charge is 0.262 e. The number of hydrogen-bond acceptors (Lipinski definition) is 3. The van der Waals surface area contributed by atoms with Crippen molar-refractivity contribution in [2.75, 3.05) is 5.33 Å². The summed E-state index contributed by atoms with van der Waals surface area (Å²) in [5.41, 5.74) is 0.0544. The van der Waals surface area contributed by atoms with Gasteiger partial charge >= 0.3 is 0 Å². The molecule has 0 aromatic carbocycles. The second-order valence-electron chi connectivity index (χ2n) is 3.01. The van der Waals surface area contributed by atoms with Crippen molar-refractivity contribution >= 4 is 37.5 Å². The zero-order valence-electron chi connectivity index (χ0n) is 7.66. The Labute approximate surface area is 93.5 Å². The topological polar surface area (TPSA) is 34.9 Å². The number of halogens is 1. The highest BCUT2D eigenvalue weighted by Crippen LogP contribution is 2.19. The lowest BCUT2D eigenvalue weighted by atomic mass is 10.4. The average molecular weight is 273 g/mol. The van der Waals surface area contributed by atoms with Crippen LogP contribution in [0.3, 0.4) is 0 Å². The Morgan fingerprint density at radius 3 is 3.14 bits per heavy atom. The molecule has 0 atom stereocenters. The first kappa shape index (κ1) is 9.86. The maximum atomic E-state index is 11.8. The molecule has 2 aromatic heterocycles. The van der Waals surface area contributed by atoms with Crippen molar-refractivity contribution < 1.29 is 0 Å². The van der Waals surface area contributed by atoms with Crippen LogP contribution in [-0.2, 0) is 6.54 Å². The van der Waals surface area contributed by atoms with E-state index in [0.29, 0.717) is 6.54 Å². The third-order valence-electron chi connectivity index (χ3n) is 1.97.